The summed E-state index contributed by atoms with van der Waals surface area (Å²) in [7, 11) is 0. The Morgan fingerprint density at radius 1 is 1.38 bits per heavy atom. The highest BCUT2D eigenvalue weighted by Crippen LogP contribution is 2.18. The Hall–Kier alpha value is -0.705. The molecule has 0 unspecified atom stereocenters. The van der Waals surface area contributed by atoms with E-state index in [1.54, 1.807) is 0 Å². The zero-order valence-corrected chi connectivity index (χ0v) is 7.44. The van der Waals surface area contributed by atoms with Gasteiger partial charge < -0.3 is 12.9 Å². The number of nitrogens with zero attached hydrogens (tertiary/aromatic N) is 1. The fraction of sp³-hybridized carbons (Fsp3) is 0.286. The van der Waals surface area contributed by atoms with E-state index in [0.29, 0.717) is 5.56 Å². The molecule has 1 heterocycles. The van der Waals surface area contributed by atoms with Gasteiger partial charge >= 0.3 is 6.98 Å². The lowest BCUT2D eigenvalue weighted by atomic mass is 9.83. The Balaban J connectivity index is 2.55. The predicted molar refractivity (Wildman–Crippen MR) is 46.8 cm³/mol. The second-order valence-corrected chi connectivity index (χ2v) is 3.12. The summed E-state index contributed by atoms with van der Waals surface area (Å²) < 4.78 is 35.6. The second kappa shape index (κ2) is 4.00. The lowest BCUT2D eigenvalue weighted by Gasteiger charge is -2.12. The average molecular weight is 208 g/mol. The van der Waals surface area contributed by atoms with E-state index in [1.165, 1.54) is 18.3 Å². The van der Waals surface area contributed by atoms with Crippen LogP contribution in [0.25, 0.3) is 0 Å². The fourth-order valence-corrected chi connectivity index (χ4v) is 1.12. The molecule has 0 aliphatic rings. The molecule has 0 radical (unpaired) electrons. The first-order valence-corrected chi connectivity index (χ1v) is 4.16. The summed E-state index contributed by atoms with van der Waals surface area (Å²) in [4.78, 5) is 3.67. The van der Waals surface area contributed by atoms with E-state index in [-0.39, 0.29) is 11.6 Å². The Morgan fingerprint density at radius 3 is 2.62 bits per heavy atom. The third kappa shape index (κ3) is 4.17. The van der Waals surface area contributed by atoms with E-state index in [1.807, 2.05) is 0 Å². The number of pyridine rings is 1. The molecule has 0 aromatic carbocycles. The number of aryl methyl sites for hydroxylation is 1. The van der Waals surface area contributed by atoms with Crippen LogP contribution in [-0.2, 0) is 6.42 Å². The summed E-state index contributed by atoms with van der Waals surface area (Å²) in [5.74, 6) is 0. The van der Waals surface area contributed by atoms with Gasteiger partial charge in [-0.1, -0.05) is 24.3 Å². The van der Waals surface area contributed by atoms with Crippen LogP contribution >= 0.6 is 11.6 Å². The molecular formula is C7H7BClF3N-. The molecule has 0 aliphatic heterocycles. The SMILES string of the molecule is F[B-](F)(F)CCc1ccnc(Cl)c1. The van der Waals surface area contributed by atoms with Crippen LogP contribution in [0.15, 0.2) is 18.3 Å². The van der Waals surface area contributed by atoms with Gasteiger partial charge in [0.2, 0.25) is 0 Å². The largest absolute Gasteiger partial charge is 0.478 e. The molecule has 0 spiro atoms. The molecule has 0 saturated heterocycles. The Morgan fingerprint density at radius 2 is 2.08 bits per heavy atom. The van der Waals surface area contributed by atoms with Crippen LogP contribution in [0.2, 0.25) is 11.5 Å². The van der Waals surface area contributed by atoms with Crippen LogP contribution in [0, 0.1) is 0 Å². The van der Waals surface area contributed by atoms with Crippen molar-refractivity contribution in [2.75, 3.05) is 0 Å². The van der Waals surface area contributed by atoms with Crippen LogP contribution in [0.5, 0.6) is 0 Å². The fourth-order valence-electron chi connectivity index (χ4n) is 0.928. The zero-order chi connectivity index (χ0) is 9.90. The molecule has 72 valence electrons. The standard InChI is InChI=1S/C7H7BClF3N/c9-7-5-6(2-4-13-7)1-3-8(10,11)12/h2,4-5H,1,3H2/q-1. The molecule has 0 amide bonds. The highest BCUT2D eigenvalue weighted by Gasteiger charge is 2.21. The van der Waals surface area contributed by atoms with Gasteiger partial charge in [-0.05, 0) is 17.7 Å². The zero-order valence-electron chi connectivity index (χ0n) is 6.68. The van der Waals surface area contributed by atoms with E-state index in [2.05, 4.69) is 4.98 Å². The van der Waals surface area contributed by atoms with E-state index in [9.17, 15) is 12.9 Å². The van der Waals surface area contributed by atoms with E-state index >= 15 is 0 Å². The van der Waals surface area contributed by atoms with Crippen LogP contribution in [0.3, 0.4) is 0 Å². The van der Waals surface area contributed by atoms with Gasteiger partial charge in [0.05, 0.1) is 0 Å². The van der Waals surface area contributed by atoms with Gasteiger partial charge in [-0.2, -0.15) is 0 Å². The minimum Gasteiger partial charge on any atom is -0.449 e. The van der Waals surface area contributed by atoms with Gasteiger partial charge in [0.15, 0.2) is 0 Å². The van der Waals surface area contributed by atoms with Crippen molar-refractivity contribution in [3.63, 3.8) is 0 Å². The molecule has 0 bridgehead atoms. The van der Waals surface area contributed by atoms with Gasteiger partial charge in [-0.3, -0.25) is 0 Å². The maximum absolute atomic E-state index is 11.9. The van der Waals surface area contributed by atoms with Crippen molar-refractivity contribution in [3.05, 3.63) is 29.0 Å². The van der Waals surface area contributed by atoms with Crippen LogP contribution < -0.4 is 0 Å². The molecule has 1 aromatic heterocycles. The normalized spacial score (nSPS) is 11.7. The van der Waals surface area contributed by atoms with Crippen LogP contribution in [-0.4, -0.2) is 12.0 Å². The quantitative estimate of drug-likeness (QED) is 0.549. The maximum atomic E-state index is 11.9. The molecule has 1 nitrogen and oxygen atoms in total. The van der Waals surface area contributed by atoms with Crippen molar-refractivity contribution >= 4 is 18.6 Å². The highest BCUT2D eigenvalue weighted by atomic mass is 35.5. The van der Waals surface area contributed by atoms with E-state index in [0.717, 1.165) is 0 Å². The number of halogens is 4. The highest BCUT2D eigenvalue weighted by molar-refractivity contribution is 6.58. The Bertz CT molecular complexity index is 289. The van der Waals surface area contributed by atoms with Gasteiger partial charge in [0, 0.05) is 6.20 Å². The molecule has 1 rings (SSSR count). The lowest BCUT2D eigenvalue weighted by molar-refractivity contribution is 0.467. The summed E-state index contributed by atoms with van der Waals surface area (Å²) in [6.45, 7) is -4.70. The molecule has 0 N–H and O–H groups in total. The minimum atomic E-state index is -4.70. The van der Waals surface area contributed by atoms with Crippen molar-refractivity contribution in [2.45, 2.75) is 12.7 Å². The molecule has 0 aliphatic carbocycles. The van der Waals surface area contributed by atoms with Crippen molar-refractivity contribution < 1.29 is 12.9 Å². The van der Waals surface area contributed by atoms with Crippen LogP contribution in [0.4, 0.5) is 12.9 Å². The summed E-state index contributed by atoms with van der Waals surface area (Å²) in [6, 6.07) is 2.98. The van der Waals surface area contributed by atoms with Gasteiger partial charge in [0.25, 0.3) is 0 Å². The van der Waals surface area contributed by atoms with Gasteiger partial charge in [0.1, 0.15) is 5.15 Å². The Labute approximate surface area is 79.0 Å². The molecular weight excluding hydrogens is 201 g/mol. The number of aromatic nitrogens is 1. The first-order valence-electron chi connectivity index (χ1n) is 3.79. The minimum absolute atomic E-state index is 0.0221. The van der Waals surface area contributed by atoms with Gasteiger partial charge in [-0.25, -0.2) is 4.98 Å². The van der Waals surface area contributed by atoms with Crippen LogP contribution in [0.1, 0.15) is 5.56 Å². The second-order valence-electron chi connectivity index (χ2n) is 2.74. The molecule has 0 atom stereocenters. The number of rotatable bonds is 3. The average Bonchev–Trinajstić information content (AvgIpc) is 2.00. The van der Waals surface area contributed by atoms with Gasteiger partial charge in [-0.15, -0.1) is 0 Å². The number of hydrogen-bond acceptors (Lipinski definition) is 1. The first-order chi connectivity index (χ1) is 5.97. The van der Waals surface area contributed by atoms with Crippen molar-refractivity contribution in [1.82, 2.24) is 4.98 Å². The predicted octanol–water partition coefficient (Wildman–Crippen LogP) is 3.12. The van der Waals surface area contributed by atoms with Crippen molar-refractivity contribution in [3.8, 4) is 0 Å². The summed E-state index contributed by atoms with van der Waals surface area (Å²) >= 11 is 5.51. The Kier molecular flexibility index (Phi) is 3.19. The molecule has 1 aromatic rings. The smallest absolute Gasteiger partial charge is 0.449 e. The molecule has 13 heavy (non-hydrogen) atoms. The lowest BCUT2D eigenvalue weighted by Crippen LogP contribution is -2.15. The summed E-state index contributed by atoms with van der Waals surface area (Å²) in [6.07, 6.45) is 0.618. The van der Waals surface area contributed by atoms with Crippen molar-refractivity contribution in [1.29, 1.82) is 0 Å². The van der Waals surface area contributed by atoms with Crippen molar-refractivity contribution in [2.24, 2.45) is 0 Å². The third-order valence-corrected chi connectivity index (χ3v) is 1.76. The van der Waals surface area contributed by atoms with E-state index < -0.39 is 13.3 Å². The summed E-state index contributed by atoms with van der Waals surface area (Å²) in [5.41, 5.74) is 0.569. The molecule has 0 fully saturated rings. The molecule has 6 heteroatoms. The molecule has 0 saturated carbocycles. The third-order valence-electron chi connectivity index (χ3n) is 1.55. The number of hydrogen-bond donors (Lipinski definition) is 0. The monoisotopic (exact) mass is 208 g/mol. The van der Waals surface area contributed by atoms with E-state index in [4.69, 9.17) is 11.6 Å². The maximum Gasteiger partial charge on any atom is 0.478 e. The topological polar surface area (TPSA) is 12.9 Å². The first kappa shape index (κ1) is 10.4. The summed E-state index contributed by atoms with van der Waals surface area (Å²) in [5, 5.41) is 0.229.